The van der Waals surface area contributed by atoms with Gasteiger partial charge in [-0.25, -0.2) is 0 Å². The topological polar surface area (TPSA) is 56.7 Å². The minimum absolute atomic E-state index is 0. The van der Waals surface area contributed by atoms with Gasteiger partial charge in [-0.1, -0.05) is 30.3 Å². The molecular formula is C24H33IN4OS. The van der Waals surface area contributed by atoms with Crippen LogP contribution in [-0.4, -0.2) is 55.2 Å². The second-order valence-corrected chi connectivity index (χ2v) is 9.41. The number of thioether (sulfide) groups is 1. The van der Waals surface area contributed by atoms with Crippen LogP contribution in [0.1, 0.15) is 35.7 Å². The van der Waals surface area contributed by atoms with Crippen LogP contribution < -0.4 is 10.6 Å². The number of hydrogen-bond acceptors (Lipinski definition) is 3. The Bertz CT molecular complexity index is 869. The van der Waals surface area contributed by atoms with Crippen molar-refractivity contribution in [2.45, 2.75) is 35.8 Å². The van der Waals surface area contributed by atoms with Gasteiger partial charge < -0.3 is 15.5 Å². The third-order valence-corrected chi connectivity index (χ3v) is 6.52. The maximum atomic E-state index is 12.2. The molecule has 0 radical (unpaired) electrons. The lowest BCUT2D eigenvalue weighted by molar-refractivity contribution is 0.0827. The predicted octanol–water partition coefficient (Wildman–Crippen LogP) is 4.43. The number of rotatable bonds is 9. The van der Waals surface area contributed by atoms with E-state index in [4.69, 9.17) is 4.99 Å². The van der Waals surface area contributed by atoms with Gasteiger partial charge in [-0.15, -0.1) is 35.7 Å². The molecule has 7 heteroatoms. The molecule has 1 saturated carbocycles. The molecule has 1 aliphatic carbocycles. The van der Waals surface area contributed by atoms with Crippen molar-refractivity contribution in [2.24, 2.45) is 4.99 Å². The zero-order valence-electron chi connectivity index (χ0n) is 18.6. The highest BCUT2D eigenvalue weighted by Crippen LogP contribution is 2.51. The van der Waals surface area contributed by atoms with E-state index in [0.29, 0.717) is 0 Å². The molecular weight excluding hydrogens is 519 g/mol. The number of nitrogens with one attached hydrogen (secondary N) is 2. The molecule has 2 N–H and O–H groups in total. The van der Waals surface area contributed by atoms with E-state index in [1.165, 1.54) is 17.7 Å². The van der Waals surface area contributed by atoms with Gasteiger partial charge >= 0.3 is 0 Å². The lowest BCUT2D eigenvalue weighted by Crippen LogP contribution is -2.39. The second-order valence-electron chi connectivity index (χ2n) is 7.87. The van der Waals surface area contributed by atoms with Crippen LogP contribution in [0.5, 0.6) is 0 Å². The summed E-state index contributed by atoms with van der Waals surface area (Å²) in [5.41, 5.74) is 1.87. The zero-order valence-corrected chi connectivity index (χ0v) is 21.7. The number of nitrogens with zero attached hydrogens (tertiary/aromatic N) is 2. The smallest absolute Gasteiger partial charge is 0.253 e. The summed E-state index contributed by atoms with van der Waals surface area (Å²) in [6, 6.07) is 18.4. The highest BCUT2D eigenvalue weighted by Gasteiger charge is 2.43. The van der Waals surface area contributed by atoms with E-state index in [1.807, 2.05) is 30.0 Å². The number of aliphatic imine (C=N–C) groups is 1. The van der Waals surface area contributed by atoms with Crippen LogP contribution in [0.25, 0.3) is 0 Å². The normalized spacial score (nSPS) is 14.4. The van der Waals surface area contributed by atoms with Crippen molar-refractivity contribution in [3.8, 4) is 0 Å². The quantitative estimate of drug-likeness (QED) is 0.275. The first kappa shape index (κ1) is 25.5. The van der Waals surface area contributed by atoms with E-state index < -0.39 is 0 Å². The van der Waals surface area contributed by atoms with Crippen molar-refractivity contribution in [2.75, 3.05) is 33.7 Å². The fraction of sp³-hybridized carbons (Fsp3) is 0.417. The van der Waals surface area contributed by atoms with Gasteiger partial charge in [-0.05, 0) is 56.0 Å². The summed E-state index contributed by atoms with van der Waals surface area (Å²) in [5.74, 6) is 0.892. The van der Waals surface area contributed by atoms with Crippen molar-refractivity contribution in [3.05, 3.63) is 65.7 Å². The molecule has 5 nitrogen and oxygen atoms in total. The Kier molecular flexibility index (Phi) is 10.2. The summed E-state index contributed by atoms with van der Waals surface area (Å²) in [4.78, 5) is 19.9. The molecule has 0 aliphatic heterocycles. The number of carbonyl (C=O) groups is 1. The lowest BCUT2D eigenvalue weighted by atomic mass is 10.1. The van der Waals surface area contributed by atoms with Crippen LogP contribution in [0.2, 0.25) is 0 Å². The van der Waals surface area contributed by atoms with Crippen LogP contribution in [0.4, 0.5) is 0 Å². The largest absolute Gasteiger partial charge is 0.357 e. The SMILES string of the molecule is CCNC(=NCC1(Sc2ccccc2)CC1)NCCc1cccc(C(=O)N(C)C)c1.I. The number of halogens is 1. The third kappa shape index (κ3) is 8.03. The van der Waals surface area contributed by atoms with E-state index in [-0.39, 0.29) is 34.6 Å². The maximum absolute atomic E-state index is 12.2. The average molecular weight is 553 g/mol. The summed E-state index contributed by atoms with van der Waals surface area (Å²) in [6.07, 6.45) is 3.26. The molecule has 1 amide bonds. The standard InChI is InChI=1S/C24H32N4OS.HI/c1-4-25-23(27-18-24(14-15-24)30-21-11-6-5-7-12-21)26-16-13-19-9-8-10-20(17-19)22(29)28(2)3;/h5-12,17H,4,13-16,18H2,1-3H3,(H2,25,26,27);1H. The highest BCUT2D eigenvalue weighted by molar-refractivity contribution is 14.0. The van der Waals surface area contributed by atoms with Crippen molar-refractivity contribution in [1.29, 1.82) is 0 Å². The maximum Gasteiger partial charge on any atom is 0.253 e. The lowest BCUT2D eigenvalue weighted by Gasteiger charge is -2.16. The molecule has 2 aromatic rings. The van der Waals surface area contributed by atoms with Gasteiger partial charge in [0.15, 0.2) is 5.96 Å². The number of amides is 1. The molecule has 0 aromatic heterocycles. The molecule has 1 aliphatic rings. The van der Waals surface area contributed by atoms with E-state index in [9.17, 15) is 4.79 Å². The van der Waals surface area contributed by atoms with Gasteiger partial charge in [-0.3, -0.25) is 9.79 Å². The van der Waals surface area contributed by atoms with Gasteiger partial charge in [-0.2, -0.15) is 0 Å². The molecule has 0 unspecified atom stereocenters. The summed E-state index contributed by atoms with van der Waals surface area (Å²) in [6.45, 7) is 4.50. The molecule has 2 aromatic carbocycles. The molecule has 31 heavy (non-hydrogen) atoms. The molecule has 0 atom stereocenters. The first-order valence-corrected chi connectivity index (χ1v) is 11.4. The summed E-state index contributed by atoms with van der Waals surface area (Å²) in [7, 11) is 3.55. The zero-order chi connectivity index (χ0) is 21.4. The highest BCUT2D eigenvalue weighted by atomic mass is 127. The van der Waals surface area contributed by atoms with Crippen LogP contribution in [-0.2, 0) is 6.42 Å². The summed E-state index contributed by atoms with van der Waals surface area (Å²) >= 11 is 1.95. The van der Waals surface area contributed by atoms with E-state index in [0.717, 1.165) is 43.1 Å². The van der Waals surface area contributed by atoms with Crippen LogP contribution in [0, 0.1) is 0 Å². The first-order valence-electron chi connectivity index (χ1n) is 10.6. The van der Waals surface area contributed by atoms with Crippen molar-refractivity contribution >= 4 is 47.6 Å². The number of guanidine groups is 1. The Hall–Kier alpha value is -1.74. The number of hydrogen-bond donors (Lipinski definition) is 2. The van der Waals surface area contributed by atoms with Gasteiger partial charge in [0, 0.05) is 42.4 Å². The Morgan fingerprint density at radius 1 is 1.10 bits per heavy atom. The molecule has 0 heterocycles. The molecule has 168 valence electrons. The van der Waals surface area contributed by atoms with Gasteiger partial charge in [0.05, 0.1) is 6.54 Å². The monoisotopic (exact) mass is 552 g/mol. The van der Waals surface area contributed by atoms with Crippen molar-refractivity contribution < 1.29 is 4.79 Å². The second kappa shape index (κ2) is 12.3. The van der Waals surface area contributed by atoms with Crippen molar-refractivity contribution in [1.82, 2.24) is 15.5 Å². The van der Waals surface area contributed by atoms with Crippen LogP contribution in [0.15, 0.2) is 64.5 Å². The third-order valence-electron chi connectivity index (χ3n) is 5.04. The molecule has 1 fully saturated rings. The van der Waals surface area contributed by atoms with E-state index >= 15 is 0 Å². The number of benzene rings is 2. The van der Waals surface area contributed by atoms with Gasteiger partial charge in [0.1, 0.15) is 0 Å². The van der Waals surface area contributed by atoms with Crippen LogP contribution in [0.3, 0.4) is 0 Å². The summed E-state index contributed by atoms with van der Waals surface area (Å²) in [5, 5.41) is 6.79. The summed E-state index contributed by atoms with van der Waals surface area (Å²) < 4.78 is 0.241. The molecule has 3 rings (SSSR count). The minimum atomic E-state index is 0. The molecule has 0 bridgehead atoms. The van der Waals surface area contributed by atoms with Crippen molar-refractivity contribution in [3.63, 3.8) is 0 Å². The fourth-order valence-corrected chi connectivity index (χ4v) is 4.41. The average Bonchev–Trinajstić information content (AvgIpc) is 3.52. The molecule has 0 saturated heterocycles. The number of carbonyl (C=O) groups excluding carboxylic acids is 1. The van der Waals surface area contributed by atoms with Crippen LogP contribution >= 0.6 is 35.7 Å². The molecule has 0 spiro atoms. The fourth-order valence-electron chi connectivity index (χ4n) is 3.18. The minimum Gasteiger partial charge on any atom is -0.357 e. The van der Waals surface area contributed by atoms with Gasteiger partial charge in [0.25, 0.3) is 5.91 Å². The van der Waals surface area contributed by atoms with E-state index in [2.05, 4.69) is 54.0 Å². The first-order chi connectivity index (χ1) is 14.5. The Balaban J connectivity index is 0.00000341. The van der Waals surface area contributed by atoms with E-state index in [1.54, 1.807) is 19.0 Å². The Morgan fingerprint density at radius 2 is 1.84 bits per heavy atom. The predicted molar refractivity (Wildman–Crippen MR) is 142 cm³/mol. The Morgan fingerprint density at radius 3 is 2.48 bits per heavy atom. The van der Waals surface area contributed by atoms with Gasteiger partial charge in [0.2, 0.25) is 0 Å². The Labute approximate surface area is 207 Å².